The Hall–Kier alpha value is -3.81. The van der Waals surface area contributed by atoms with E-state index in [4.69, 9.17) is 10.5 Å². The number of nitrogens with two attached hydrogens (primary N) is 1. The molecule has 1 amide bonds. The second kappa shape index (κ2) is 9.77. The lowest BCUT2D eigenvalue weighted by atomic mass is 10.1. The number of ether oxygens (including phenoxy) is 1. The minimum atomic E-state index is -0.345. The number of hydrogen-bond acceptors (Lipinski definition) is 7. The van der Waals surface area contributed by atoms with E-state index in [1.165, 1.54) is 23.0 Å². The second-order valence-electron chi connectivity index (χ2n) is 8.14. The van der Waals surface area contributed by atoms with Gasteiger partial charge in [0.2, 0.25) is 5.95 Å². The van der Waals surface area contributed by atoms with E-state index in [0.717, 1.165) is 31.9 Å². The van der Waals surface area contributed by atoms with Crippen molar-refractivity contribution >= 4 is 29.0 Å². The van der Waals surface area contributed by atoms with Gasteiger partial charge in [0.15, 0.2) is 0 Å². The summed E-state index contributed by atoms with van der Waals surface area (Å²) in [5.41, 5.74) is 10.8. The van der Waals surface area contributed by atoms with Crippen molar-refractivity contribution in [2.75, 3.05) is 53.6 Å². The molecular weight excluding hydrogens is 416 g/mol. The van der Waals surface area contributed by atoms with Crippen molar-refractivity contribution in [2.24, 2.45) is 0 Å². The zero-order valence-corrected chi connectivity index (χ0v) is 19.3. The molecule has 1 saturated heterocycles. The van der Waals surface area contributed by atoms with Gasteiger partial charge in [0, 0.05) is 43.8 Å². The number of rotatable bonds is 6. The van der Waals surface area contributed by atoms with Crippen LogP contribution < -0.4 is 25.6 Å². The number of aromatic nitrogens is 2. The molecule has 0 spiro atoms. The summed E-state index contributed by atoms with van der Waals surface area (Å²) < 4.78 is 5.42. The van der Waals surface area contributed by atoms with Crippen molar-refractivity contribution in [1.82, 2.24) is 9.97 Å². The molecule has 3 aromatic rings. The zero-order chi connectivity index (χ0) is 23.4. The highest BCUT2D eigenvalue weighted by Gasteiger charge is 2.22. The third-order valence-corrected chi connectivity index (χ3v) is 5.73. The fourth-order valence-corrected chi connectivity index (χ4v) is 4.02. The highest BCUT2D eigenvalue weighted by molar-refractivity contribution is 6.07. The lowest BCUT2D eigenvalue weighted by Gasteiger charge is -2.37. The Bertz CT molecular complexity index is 1120. The number of amides is 1. The van der Waals surface area contributed by atoms with E-state index in [0.29, 0.717) is 18.2 Å². The van der Waals surface area contributed by atoms with Gasteiger partial charge in [-0.05, 0) is 56.7 Å². The van der Waals surface area contributed by atoms with Crippen LogP contribution in [0.5, 0.6) is 5.75 Å². The van der Waals surface area contributed by atoms with Crippen LogP contribution in [0, 0.1) is 13.8 Å². The van der Waals surface area contributed by atoms with E-state index >= 15 is 0 Å². The van der Waals surface area contributed by atoms with E-state index in [1.54, 1.807) is 24.3 Å². The smallest absolute Gasteiger partial charge is 0.260 e. The summed E-state index contributed by atoms with van der Waals surface area (Å²) >= 11 is 0. The molecule has 172 valence electrons. The molecular formula is C25H30N6O2. The van der Waals surface area contributed by atoms with E-state index in [2.05, 4.69) is 57.1 Å². The number of piperazine rings is 1. The number of hydrogen-bond donors (Lipinski definition) is 2. The molecule has 0 atom stereocenters. The van der Waals surface area contributed by atoms with Crippen LogP contribution in [0.3, 0.4) is 0 Å². The molecule has 1 aliphatic heterocycles. The summed E-state index contributed by atoms with van der Waals surface area (Å²) in [6.45, 7) is 10.1. The highest BCUT2D eigenvalue weighted by atomic mass is 16.5. The molecule has 0 unspecified atom stereocenters. The van der Waals surface area contributed by atoms with Gasteiger partial charge in [0.05, 0.1) is 6.61 Å². The zero-order valence-electron chi connectivity index (χ0n) is 19.3. The summed E-state index contributed by atoms with van der Waals surface area (Å²) in [6.07, 6.45) is 1.50. The monoisotopic (exact) mass is 446 g/mol. The van der Waals surface area contributed by atoms with Crippen molar-refractivity contribution in [1.29, 1.82) is 0 Å². The maximum Gasteiger partial charge on any atom is 0.260 e. The molecule has 2 heterocycles. The van der Waals surface area contributed by atoms with Crippen LogP contribution in [0.4, 0.5) is 23.1 Å². The predicted octanol–water partition coefficient (Wildman–Crippen LogP) is 3.65. The summed E-state index contributed by atoms with van der Waals surface area (Å²) in [4.78, 5) is 26.0. The molecule has 1 aromatic heterocycles. The Morgan fingerprint density at radius 3 is 2.39 bits per heavy atom. The van der Waals surface area contributed by atoms with Gasteiger partial charge >= 0.3 is 0 Å². The van der Waals surface area contributed by atoms with Gasteiger partial charge in [-0.2, -0.15) is 4.98 Å². The first-order chi connectivity index (χ1) is 15.9. The average Bonchev–Trinajstić information content (AvgIpc) is 2.80. The fourth-order valence-electron chi connectivity index (χ4n) is 4.02. The fraction of sp³-hybridized carbons (Fsp3) is 0.320. The van der Waals surface area contributed by atoms with Crippen molar-refractivity contribution in [3.63, 3.8) is 0 Å². The lowest BCUT2D eigenvalue weighted by Crippen LogP contribution is -2.47. The maximum absolute atomic E-state index is 12.7. The second-order valence-corrected chi connectivity index (χ2v) is 8.14. The first kappa shape index (κ1) is 22.4. The van der Waals surface area contributed by atoms with Crippen LogP contribution in [0.25, 0.3) is 0 Å². The summed E-state index contributed by atoms with van der Waals surface area (Å²) in [5.74, 6) is 1.12. The molecule has 0 bridgehead atoms. The SMILES string of the molecule is CCOc1ccc(NC(=O)c2cnc(N3CCN(c4ccc(C)cc4C)CC3)nc2N)cc1. The van der Waals surface area contributed by atoms with Crippen LogP contribution in [-0.4, -0.2) is 48.7 Å². The quantitative estimate of drug-likeness (QED) is 0.596. The van der Waals surface area contributed by atoms with Crippen molar-refractivity contribution < 1.29 is 9.53 Å². The number of nitrogens with one attached hydrogen (secondary N) is 1. The maximum atomic E-state index is 12.7. The number of aryl methyl sites for hydroxylation is 2. The van der Waals surface area contributed by atoms with E-state index < -0.39 is 0 Å². The number of nitrogens with zero attached hydrogens (tertiary/aromatic N) is 4. The summed E-state index contributed by atoms with van der Waals surface area (Å²) in [6, 6.07) is 13.7. The van der Waals surface area contributed by atoms with Gasteiger partial charge < -0.3 is 25.6 Å². The number of benzene rings is 2. The molecule has 3 N–H and O–H groups in total. The van der Waals surface area contributed by atoms with Crippen molar-refractivity contribution in [3.05, 3.63) is 65.4 Å². The summed E-state index contributed by atoms with van der Waals surface area (Å²) in [7, 11) is 0. The van der Waals surface area contributed by atoms with Crippen LogP contribution in [0.15, 0.2) is 48.7 Å². The normalized spacial score (nSPS) is 13.7. The van der Waals surface area contributed by atoms with E-state index in [-0.39, 0.29) is 17.3 Å². The number of nitrogen functional groups attached to an aromatic ring is 1. The van der Waals surface area contributed by atoms with Crippen LogP contribution >= 0.6 is 0 Å². The Morgan fingerprint density at radius 1 is 1.06 bits per heavy atom. The van der Waals surface area contributed by atoms with Gasteiger partial charge in [0.1, 0.15) is 17.1 Å². The van der Waals surface area contributed by atoms with Gasteiger partial charge in [-0.25, -0.2) is 4.98 Å². The third-order valence-electron chi connectivity index (χ3n) is 5.73. The topological polar surface area (TPSA) is 96.6 Å². The molecule has 33 heavy (non-hydrogen) atoms. The van der Waals surface area contributed by atoms with Gasteiger partial charge in [-0.3, -0.25) is 4.79 Å². The highest BCUT2D eigenvalue weighted by Crippen LogP contribution is 2.24. The van der Waals surface area contributed by atoms with Gasteiger partial charge in [-0.15, -0.1) is 0 Å². The van der Waals surface area contributed by atoms with Gasteiger partial charge in [-0.1, -0.05) is 17.7 Å². The minimum absolute atomic E-state index is 0.167. The number of carbonyl (C=O) groups is 1. The van der Waals surface area contributed by atoms with Crippen LogP contribution in [-0.2, 0) is 0 Å². The minimum Gasteiger partial charge on any atom is -0.494 e. The summed E-state index contributed by atoms with van der Waals surface area (Å²) in [5, 5.41) is 2.83. The van der Waals surface area contributed by atoms with Crippen molar-refractivity contribution in [2.45, 2.75) is 20.8 Å². The molecule has 8 nitrogen and oxygen atoms in total. The lowest BCUT2D eigenvalue weighted by molar-refractivity contribution is 0.102. The van der Waals surface area contributed by atoms with E-state index in [9.17, 15) is 4.79 Å². The third kappa shape index (κ3) is 5.16. The van der Waals surface area contributed by atoms with E-state index in [1.807, 2.05) is 6.92 Å². The van der Waals surface area contributed by atoms with Crippen LogP contribution in [0.1, 0.15) is 28.4 Å². The molecule has 0 saturated carbocycles. The Morgan fingerprint density at radius 2 is 1.76 bits per heavy atom. The first-order valence-electron chi connectivity index (χ1n) is 11.2. The standard InChI is InChI=1S/C25H30N6O2/c1-4-33-20-8-6-19(7-9-20)28-24(32)21-16-27-25(29-23(21)26)31-13-11-30(12-14-31)22-10-5-17(2)15-18(22)3/h5-10,15-16H,4,11-14H2,1-3H3,(H,28,32)(H2,26,27,29). The average molecular weight is 447 g/mol. The molecule has 2 aromatic carbocycles. The first-order valence-corrected chi connectivity index (χ1v) is 11.2. The van der Waals surface area contributed by atoms with Crippen LogP contribution in [0.2, 0.25) is 0 Å². The molecule has 1 fully saturated rings. The Labute approximate surface area is 194 Å². The molecule has 0 aliphatic carbocycles. The number of anilines is 4. The van der Waals surface area contributed by atoms with Gasteiger partial charge in [0.25, 0.3) is 5.91 Å². The van der Waals surface area contributed by atoms with Crippen molar-refractivity contribution in [3.8, 4) is 5.75 Å². The molecule has 1 aliphatic rings. The Kier molecular flexibility index (Phi) is 6.63. The number of carbonyl (C=O) groups excluding carboxylic acids is 1. The Balaban J connectivity index is 1.38. The predicted molar refractivity (Wildman–Crippen MR) is 132 cm³/mol. The largest absolute Gasteiger partial charge is 0.494 e. The molecule has 0 radical (unpaired) electrons. The molecule has 8 heteroatoms. The molecule has 4 rings (SSSR count).